The Hall–Kier alpha value is -3.41. The van der Waals surface area contributed by atoms with Crippen LogP contribution in [0.2, 0.25) is 0 Å². The number of hydrogen-bond acceptors (Lipinski definition) is 3. The highest BCUT2D eigenvalue weighted by Crippen LogP contribution is 2.25. The SMILES string of the molecule is CC[C@@H](C(=O)NCC(C)C)N(Cc1ccc(F)cc1)C(=O)COc1cccc2ccccc12. The summed E-state index contributed by atoms with van der Waals surface area (Å²) in [4.78, 5) is 27.7. The van der Waals surface area contributed by atoms with Crippen molar-refractivity contribution >= 4 is 22.6 Å². The molecular weight excluding hydrogens is 419 g/mol. The lowest BCUT2D eigenvalue weighted by atomic mass is 10.1. The molecule has 5 nitrogen and oxygen atoms in total. The van der Waals surface area contributed by atoms with E-state index in [9.17, 15) is 14.0 Å². The molecule has 0 heterocycles. The smallest absolute Gasteiger partial charge is 0.261 e. The number of rotatable bonds is 10. The van der Waals surface area contributed by atoms with Crippen LogP contribution in [0.1, 0.15) is 32.8 Å². The fraction of sp³-hybridized carbons (Fsp3) is 0.333. The van der Waals surface area contributed by atoms with E-state index in [-0.39, 0.29) is 30.8 Å². The van der Waals surface area contributed by atoms with Crippen LogP contribution in [0.3, 0.4) is 0 Å². The zero-order chi connectivity index (χ0) is 23.8. The highest BCUT2D eigenvalue weighted by molar-refractivity contribution is 5.90. The number of benzene rings is 3. The highest BCUT2D eigenvalue weighted by atomic mass is 19.1. The summed E-state index contributed by atoms with van der Waals surface area (Å²) in [5, 5.41) is 4.86. The van der Waals surface area contributed by atoms with Crippen LogP contribution in [0.4, 0.5) is 4.39 Å². The number of carbonyl (C=O) groups is 2. The second kappa shape index (κ2) is 11.5. The van der Waals surface area contributed by atoms with Gasteiger partial charge in [-0.05, 0) is 41.5 Å². The van der Waals surface area contributed by atoms with E-state index in [1.54, 1.807) is 12.1 Å². The first-order valence-electron chi connectivity index (χ1n) is 11.3. The van der Waals surface area contributed by atoms with Gasteiger partial charge in [0, 0.05) is 18.5 Å². The van der Waals surface area contributed by atoms with E-state index in [0.29, 0.717) is 24.6 Å². The van der Waals surface area contributed by atoms with Gasteiger partial charge < -0.3 is 15.0 Å². The molecule has 0 aliphatic rings. The topological polar surface area (TPSA) is 58.6 Å². The third kappa shape index (κ3) is 6.54. The van der Waals surface area contributed by atoms with Gasteiger partial charge >= 0.3 is 0 Å². The third-order valence-electron chi connectivity index (χ3n) is 5.44. The zero-order valence-corrected chi connectivity index (χ0v) is 19.4. The molecule has 2 amide bonds. The lowest BCUT2D eigenvalue weighted by molar-refractivity contribution is -0.143. The summed E-state index contributed by atoms with van der Waals surface area (Å²) < 4.78 is 19.3. The largest absolute Gasteiger partial charge is 0.483 e. The van der Waals surface area contributed by atoms with Crippen molar-refractivity contribution in [2.75, 3.05) is 13.2 Å². The molecule has 1 atom stereocenters. The molecule has 174 valence electrons. The molecular formula is C27H31FN2O3. The molecule has 0 saturated carbocycles. The second-order valence-corrected chi connectivity index (χ2v) is 8.48. The number of hydrogen-bond donors (Lipinski definition) is 1. The number of halogens is 1. The monoisotopic (exact) mass is 450 g/mol. The van der Waals surface area contributed by atoms with Crippen molar-refractivity contribution < 1.29 is 18.7 Å². The van der Waals surface area contributed by atoms with E-state index in [1.807, 2.05) is 63.2 Å². The van der Waals surface area contributed by atoms with Crippen molar-refractivity contribution in [1.82, 2.24) is 10.2 Å². The predicted octanol–water partition coefficient (Wildman–Crippen LogP) is 4.94. The average molecular weight is 451 g/mol. The average Bonchev–Trinajstić information content (AvgIpc) is 2.82. The number of nitrogens with one attached hydrogen (secondary N) is 1. The van der Waals surface area contributed by atoms with Gasteiger partial charge in [-0.1, -0.05) is 69.3 Å². The maximum Gasteiger partial charge on any atom is 0.261 e. The van der Waals surface area contributed by atoms with Crippen LogP contribution in [0, 0.1) is 11.7 Å². The molecule has 3 aromatic rings. The summed E-state index contributed by atoms with van der Waals surface area (Å²) >= 11 is 0. The van der Waals surface area contributed by atoms with Crippen molar-refractivity contribution in [3.05, 3.63) is 78.1 Å². The molecule has 0 unspecified atom stereocenters. The number of amides is 2. The highest BCUT2D eigenvalue weighted by Gasteiger charge is 2.29. The standard InChI is InChI=1S/C27H31FN2O3/c1-4-24(27(32)29-16-19(2)3)30(17-20-12-14-22(28)15-13-20)26(31)18-33-25-11-7-9-21-8-5-6-10-23(21)25/h5-15,19,24H,4,16-18H2,1-3H3,(H,29,32)/t24-/m0/s1. The number of nitrogens with zero attached hydrogens (tertiary/aromatic N) is 1. The van der Waals surface area contributed by atoms with Crippen LogP contribution >= 0.6 is 0 Å². The van der Waals surface area contributed by atoms with E-state index >= 15 is 0 Å². The van der Waals surface area contributed by atoms with E-state index < -0.39 is 6.04 Å². The Labute approximate surface area is 194 Å². The van der Waals surface area contributed by atoms with Crippen LogP contribution in [0.25, 0.3) is 10.8 Å². The van der Waals surface area contributed by atoms with Gasteiger partial charge in [0.1, 0.15) is 17.6 Å². The molecule has 0 aromatic heterocycles. The van der Waals surface area contributed by atoms with Gasteiger partial charge in [-0.2, -0.15) is 0 Å². The van der Waals surface area contributed by atoms with Crippen LogP contribution in [0.15, 0.2) is 66.7 Å². The van der Waals surface area contributed by atoms with Gasteiger partial charge in [-0.3, -0.25) is 9.59 Å². The Kier molecular flexibility index (Phi) is 8.41. The Bertz CT molecular complexity index is 1080. The van der Waals surface area contributed by atoms with Gasteiger partial charge in [0.25, 0.3) is 5.91 Å². The second-order valence-electron chi connectivity index (χ2n) is 8.48. The zero-order valence-electron chi connectivity index (χ0n) is 19.4. The Morgan fingerprint density at radius 2 is 1.70 bits per heavy atom. The van der Waals surface area contributed by atoms with Crippen molar-refractivity contribution in [3.63, 3.8) is 0 Å². The van der Waals surface area contributed by atoms with Gasteiger partial charge in [0.15, 0.2) is 6.61 Å². The van der Waals surface area contributed by atoms with E-state index in [0.717, 1.165) is 16.3 Å². The molecule has 0 fully saturated rings. The summed E-state index contributed by atoms with van der Waals surface area (Å²) in [6.45, 7) is 6.41. The van der Waals surface area contributed by atoms with Gasteiger partial charge in [-0.15, -0.1) is 0 Å². The van der Waals surface area contributed by atoms with Gasteiger partial charge in [-0.25, -0.2) is 4.39 Å². The quantitative estimate of drug-likeness (QED) is 0.476. The first-order valence-corrected chi connectivity index (χ1v) is 11.3. The first-order chi connectivity index (χ1) is 15.9. The van der Waals surface area contributed by atoms with Crippen LogP contribution in [-0.2, 0) is 16.1 Å². The summed E-state index contributed by atoms with van der Waals surface area (Å²) in [5.74, 6) is 0.0474. The van der Waals surface area contributed by atoms with Crippen molar-refractivity contribution in [1.29, 1.82) is 0 Å². The summed E-state index contributed by atoms with van der Waals surface area (Å²) in [6, 6.07) is 18.8. The maximum atomic E-state index is 13.4. The number of fused-ring (bicyclic) bond motifs is 1. The molecule has 6 heteroatoms. The predicted molar refractivity (Wildman–Crippen MR) is 128 cm³/mol. The normalized spacial score (nSPS) is 11.9. The van der Waals surface area contributed by atoms with Crippen molar-refractivity contribution in [3.8, 4) is 5.75 Å². The molecule has 0 bridgehead atoms. The Morgan fingerprint density at radius 3 is 2.39 bits per heavy atom. The fourth-order valence-electron chi connectivity index (χ4n) is 3.67. The Morgan fingerprint density at radius 1 is 1.00 bits per heavy atom. The first kappa shape index (κ1) is 24.2. The van der Waals surface area contributed by atoms with Crippen molar-refractivity contribution in [2.24, 2.45) is 5.92 Å². The minimum Gasteiger partial charge on any atom is -0.483 e. The van der Waals surface area contributed by atoms with Crippen LogP contribution < -0.4 is 10.1 Å². The Balaban J connectivity index is 1.81. The summed E-state index contributed by atoms with van der Waals surface area (Å²) in [7, 11) is 0. The molecule has 0 saturated heterocycles. The molecule has 0 radical (unpaired) electrons. The third-order valence-corrected chi connectivity index (χ3v) is 5.44. The number of ether oxygens (including phenoxy) is 1. The van der Waals surface area contributed by atoms with E-state index in [2.05, 4.69) is 5.32 Å². The molecule has 3 rings (SSSR count). The molecule has 0 aliphatic heterocycles. The minimum absolute atomic E-state index is 0.186. The van der Waals surface area contributed by atoms with Gasteiger partial charge in [0.05, 0.1) is 0 Å². The lowest BCUT2D eigenvalue weighted by Gasteiger charge is -2.31. The molecule has 3 aromatic carbocycles. The summed E-state index contributed by atoms with van der Waals surface area (Å²) in [6.07, 6.45) is 0.450. The number of carbonyl (C=O) groups excluding carboxylic acids is 2. The summed E-state index contributed by atoms with van der Waals surface area (Å²) in [5.41, 5.74) is 0.741. The molecule has 33 heavy (non-hydrogen) atoms. The van der Waals surface area contributed by atoms with Gasteiger partial charge in [0.2, 0.25) is 5.91 Å². The lowest BCUT2D eigenvalue weighted by Crippen LogP contribution is -2.50. The van der Waals surface area contributed by atoms with E-state index in [1.165, 1.54) is 17.0 Å². The fourth-order valence-corrected chi connectivity index (χ4v) is 3.67. The minimum atomic E-state index is -0.655. The van der Waals surface area contributed by atoms with E-state index in [4.69, 9.17) is 4.74 Å². The maximum absolute atomic E-state index is 13.4. The molecule has 0 aliphatic carbocycles. The van der Waals surface area contributed by atoms with Crippen molar-refractivity contribution in [2.45, 2.75) is 39.8 Å². The molecule has 0 spiro atoms. The van der Waals surface area contributed by atoms with Crippen LogP contribution in [0.5, 0.6) is 5.75 Å². The molecule has 1 N–H and O–H groups in total. The van der Waals surface area contributed by atoms with Crippen LogP contribution in [-0.4, -0.2) is 35.9 Å².